The maximum absolute atomic E-state index is 5.90. The molecule has 5 heteroatoms. The summed E-state index contributed by atoms with van der Waals surface area (Å²) in [5.41, 5.74) is 1.33. The van der Waals surface area contributed by atoms with Crippen LogP contribution in [0.15, 0.2) is 12.4 Å². The molecule has 3 fully saturated rings. The van der Waals surface area contributed by atoms with Crippen LogP contribution in [0.3, 0.4) is 0 Å². The third kappa shape index (κ3) is 2.94. The summed E-state index contributed by atoms with van der Waals surface area (Å²) in [6.07, 6.45) is 7.04. The van der Waals surface area contributed by atoms with E-state index in [0.29, 0.717) is 18.1 Å². The fourth-order valence-electron chi connectivity index (χ4n) is 3.97. The second kappa shape index (κ2) is 5.95. The number of rotatable bonds is 4. The monoisotopic (exact) mass is 304 g/mol. The fourth-order valence-corrected chi connectivity index (χ4v) is 3.97. The van der Waals surface area contributed by atoms with Crippen molar-refractivity contribution in [3.63, 3.8) is 0 Å². The molecule has 5 nitrogen and oxygen atoms in total. The third-order valence-corrected chi connectivity index (χ3v) is 5.39. The van der Waals surface area contributed by atoms with Crippen molar-refractivity contribution in [3.05, 3.63) is 18.0 Å². The summed E-state index contributed by atoms with van der Waals surface area (Å²) >= 11 is 0. The Labute approximate surface area is 133 Å². The van der Waals surface area contributed by atoms with Gasteiger partial charge in [-0.3, -0.25) is 14.5 Å². The average molecular weight is 304 g/mol. The van der Waals surface area contributed by atoms with Crippen LogP contribution in [-0.2, 0) is 11.3 Å². The third-order valence-electron chi connectivity index (χ3n) is 5.39. The molecule has 0 bridgehead atoms. The van der Waals surface area contributed by atoms with Crippen molar-refractivity contribution in [1.82, 2.24) is 19.6 Å². The topological polar surface area (TPSA) is 33.5 Å². The summed E-state index contributed by atoms with van der Waals surface area (Å²) in [5.74, 6) is 0.915. The van der Waals surface area contributed by atoms with Gasteiger partial charge in [0.2, 0.25) is 0 Å². The summed E-state index contributed by atoms with van der Waals surface area (Å²) < 4.78 is 7.96. The maximum Gasteiger partial charge on any atom is 0.0635 e. The molecule has 122 valence electrons. The van der Waals surface area contributed by atoms with E-state index in [-0.39, 0.29) is 0 Å². The fraction of sp³-hybridized carbons (Fsp3) is 0.824. The SMILES string of the molecule is CC(C)n1cc(CN2CCN3[C@@H](COC[C@@H]3C3CC3)C2)cn1. The number of aromatic nitrogens is 2. The summed E-state index contributed by atoms with van der Waals surface area (Å²) in [5, 5.41) is 4.46. The molecule has 1 aromatic heterocycles. The molecule has 3 heterocycles. The van der Waals surface area contributed by atoms with Crippen LogP contribution in [0.25, 0.3) is 0 Å². The number of piperazine rings is 1. The highest BCUT2D eigenvalue weighted by Crippen LogP contribution is 2.38. The van der Waals surface area contributed by atoms with Gasteiger partial charge in [-0.1, -0.05) is 0 Å². The van der Waals surface area contributed by atoms with Gasteiger partial charge in [0.25, 0.3) is 0 Å². The van der Waals surface area contributed by atoms with E-state index in [1.54, 1.807) is 0 Å². The lowest BCUT2D eigenvalue weighted by atomic mass is 10.0. The minimum atomic E-state index is 0.441. The van der Waals surface area contributed by atoms with Gasteiger partial charge in [0, 0.05) is 56.1 Å². The van der Waals surface area contributed by atoms with Crippen LogP contribution in [0.5, 0.6) is 0 Å². The second-order valence-electron chi connectivity index (χ2n) is 7.49. The molecule has 0 N–H and O–H groups in total. The Hall–Kier alpha value is -0.910. The van der Waals surface area contributed by atoms with E-state index in [0.717, 1.165) is 32.2 Å². The number of fused-ring (bicyclic) bond motifs is 1. The highest BCUT2D eigenvalue weighted by atomic mass is 16.5. The Kier molecular flexibility index (Phi) is 3.96. The van der Waals surface area contributed by atoms with E-state index < -0.39 is 0 Å². The smallest absolute Gasteiger partial charge is 0.0635 e. The van der Waals surface area contributed by atoms with Crippen molar-refractivity contribution >= 4 is 0 Å². The van der Waals surface area contributed by atoms with Crippen LogP contribution in [0.1, 0.15) is 38.3 Å². The molecule has 0 radical (unpaired) electrons. The molecule has 1 aliphatic carbocycles. The molecular formula is C17H28N4O. The van der Waals surface area contributed by atoms with Crippen molar-refractivity contribution in [2.24, 2.45) is 5.92 Å². The van der Waals surface area contributed by atoms with Crippen LogP contribution < -0.4 is 0 Å². The molecule has 0 unspecified atom stereocenters. The molecule has 2 saturated heterocycles. The van der Waals surface area contributed by atoms with Crippen molar-refractivity contribution in [1.29, 1.82) is 0 Å². The lowest BCUT2D eigenvalue weighted by molar-refractivity contribution is -0.0880. The van der Waals surface area contributed by atoms with Crippen LogP contribution in [-0.4, -0.2) is 64.5 Å². The van der Waals surface area contributed by atoms with Gasteiger partial charge >= 0.3 is 0 Å². The van der Waals surface area contributed by atoms with Gasteiger partial charge in [-0.05, 0) is 32.6 Å². The predicted octanol–water partition coefficient (Wildman–Crippen LogP) is 1.76. The van der Waals surface area contributed by atoms with E-state index >= 15 is 0 Å². The summed E-state index contributed by atoms with van der Waals surface area (Å²) in [6, 6.07) is 1.73. The van der Waals surface area contributed by atoms with Crippen molar-refractivity contribution in [2.75, 3.05) is 32.8 Å². The zero-order valence-corrected chi connectivity index (χ0v) is 13.8. The molecule has 1 aromatic rings. The molecule has 3 aliphatic rings. The molecule has 0 amide bonds. The molecule has 0 aromatic carbocycles. The first-order chi connectivity index (χ1) is 10.7. The lowest BCUT2D eigenvalue weighted by Crippen LogP contribution is -2.62. The minimum absolute atomic E-state index is 0.441. The largest absolute Gasteiger partial charge is 0.378 e. The van der Waals surface area contributed by atoms with E-state index in [4.69, 9.17) is 4.74 Å². The summed E-state index contributed by atoms with van der Waals surface area (Å²) in [6.45, 7) is 10.7. The van der Waals surface area contributed by atoms with Gasteiger partial charge in [-0.25, -0.2) is 0 Å². The van der Waals surface area contributed by atoms with E-state index in [9.17, 15) is 0 Å². The summed E-state index contributed by atoms with van der Waals surface area (Å²) in [7, 11) is 0. The highest BCUT2D eigenvalue weighted by Gasteiger charge is 2.42. The zero-order valence-electron chi connectivity index (χ0n) is 13.8. The Morgan fingerprint density at radius 2 is 2.14 bits per heavy atom. The Balaban J connectivity index is 1.37. The maximum atomic E-state index is 5.90. The zero-order chi connectivity index (χ0) is 15.1. The van der Waals surface area contributed by atoms with E-state index in [2.05, 4.69) is 39.6 Å². The van der Waals surface area contributed by atoms with Gasteiger partial charge in [-0.15, -0.1) is 0 Å². The minimum Gasteiger partial charge on any atom is -0.378 e. The van der Waals surface area contributed by atoms with Crippen molar-refractivity contribution in [2.45, 2.75) is 51.4 Å². The lowest BCUT2D eigenvalue weighted by Gasteiger charge is -2.48. The Morgan fingerprint density at radius 3 is 2.86 bits per heavy atom. The molecular weight excluding hydrogens is 276 g/mol. The van der Waals surface area contributed by atoms with Crippen molar-refractivity contribution in [3.8, 4) is 0 Å². The Morgan fingerprint density at radius 1 is 1.27 bits per heavy atom. The van der Waals surface area contributed by atoms with Gasteiger partial charge < -0.3 is 4.74 Å². The van der Waals surface area contributed by atoms with Crippen LogP contribution in [0, 0.1) is 5.92 Å². The number of ether oxygens (including phenoxy) is 1. The number of hydrogen-bond donors (Lipinski definition) is 0. The van der Waals surface area contributed by atoms with Crippen LogP contribution >= 0.6 is 0 Å². The summed E-state index contributed by atoms with van der Waals surface area (Å²) in [4.78, 5) is 5.32. The Bertz CT molecular complexity index is 511. The number of morpholine rings is 1. The molecule has 4 rings (SSSR count). The molecule has 2 aliphatic heterocycles. The molecule has 0 spiro atoms. The molecule has 2 atom stereocenters. The van der Waals surface area contributed by atoms with E-state index in [1.807, 2.05) is 6.20 Å². The first kappa shape index (κ1) is 14.7. The second-order valence-corrected chi connectivity index (χ2v) is 7.49. The van der Waals surface area contributed by atoms with Gasteiger partial charge in [-0.2, -0.15) is 5.10 Å². The average Bonchev–Trinajstić information content (AvgIpc) is 3.25. The van der Waals surface area contributed by atoms with E-state index in [1.165, 1.54) is 31.5 Å². The van der Waals surface area contributed by atoms with Crippen LogP contribution in [0.2, 0.25) is 0 Å². The molecule has 1 saturated carbocycles. The van der Waals surface area contributed by atoms with Crippen molar-refractivity contribution < 1.29 is 4.74 Å². The van der Waals surface area contributed by atoms with Crippen LogP contribution in [0.4, 0.5) is 0 Å². The first-order valence-corrected chi connectivity index (χ1v) is 8.79. The van der Waals surface area contributed by atoms with Gasteiger partial charge in [0.05, 0.1) is 19.4 Å². The number of nitrogens with zero attached hydrogens (tertiary/aromatic N) is 4. The highest BCUT2D eigenvalue weighted by molar-refractivity contribution is 5.05. The van der Waals surface area contributed by atoms with Gasteiger partial charge in [0.15, 0.2) is 0 Å². The molecule has 22 heavy (non-hydrogen) atoms. The normalized spacial score (nSPS) is 30.7. The standard InChI is InChI=1S/C17H28N4O/c1-13(2)21-9-14(7-18-21)8-19-5-6-20-16(10-19)11-22-12-17(20)15-3-4-15/h7,9,13,15-17H,3-6,8,10-12H2,1-2H3/t16-,17-/m1/s1. The van der Waals surface area contributed by atoms with Gasteiger partial charge in [0.1, 0.15) is 0 Å². The quantitative estimate of drug-likeness (QED) is 0.849. The number of hydrogen-bond acceptors (Lipinski definition) is 4. The first-order valence-electron chi connectivity index (χ1n) is 8.79. The predicted molar refractivity (Wildman–Crippen MR) is 85.7 cm³/mol.